The maximum Gasteiger partial charge on any atom is 0.224 e. The van der Waals surface area contributed by atoms with Gasteiger partial charge < -0.3 is 15.2 Å². The van der Waals surface area contributed by atoms with Crippen molar-refractivity contribution >= 4 is 0 Å². The van der Waals surface area contributed by atoms with Crippen molar-refractivity contribution in [1.82, 2.24) is 4.98 Å². The average molecular weight is 284 g/mol. The van der Waals surface area contributed by atoms with Gasteiger partial charge in [-0.2, -0.15) is 0 Å². The second kappa shape index (κ2) is 6.14. The molecule has 3 rings (SSSR count). The number of aryl methyl sites for hydroxylation is 2. The Balaban J connectivity index is 1.97. The fraction of sp³-hybridized carbons (Fsp3) is 0.353. The van der Waals surface area contributed by atoms with Gasteiger partial charge in [0.05, 0.1) is 7.11 Å². The number of nitrogens with zero attached hydrogens (tertiary/aromatic N) is 1. The van der Waals surface area contributed by atoms with E-state index in [4.69, 9.17) is 20.2 Å². The molecule has 1 aliphatic rings. The minimum absolute atomic E-state index is 0.421. The number of aromatic nitrogens is 1. The Kier molecular flexibility index (Phi) is 4.06. The van der Waals surface area contributed by atoms with Crippen LogP contribution in [0.2, 0.25) is 0 Å². The summed E-state index contributed by atoms with van der Waals surface area (Å²) in [5, 5.41) is 0. The Morgan fingerprint density at radius 1 is 1.14 bits per heavy atom. The van der Waals surface area contributed by atoms with Gasteiger partial charge in [0.25, 0.3) is 0 Å². The van der Waals surface area contributed by atoms with Crippen molar-refractivity contribution < 1.29 is 9.47 Å². The minimum Gasteiger partial charge on any atom is -0.493 e. The Bertz CT molecular complexity index is 641. The van der Waals surface area contributed by atoms with Crippen LogP contribution in [-0.2, 0) is 19.4 Å². The van der Waals surface area contributed by atoms with Crippen LogP contribution < -0.4 is 15.2 Å². The third-order valence-corrected chi connectivity index (χ3v) is 3.84. The summed E-state index contributed by atoms with van der Waals surface area (Å²) in [5.74, 6) is 1.96. The van der Waals surface area contributed by atoms with E-state index in [1.807, 2.05) is 24.3 Å². The summed E-state index contributed by atoms with van der Waals surface area (Å²) in [6.45, 7) is 0.421. The standard InChI is InChI=1S/C17H20N2O2/c1-20-15-8-4-5-9-16(15)21-17-13(11-18)10-12-6-2-3-7-14(12)19-17/h4-5,8-10H,2-3,6-7,11,18H2,1H3. The lowest BCUT2D eigenvalue weighted by atomic mass is 9.95. The molecule has 0 bridgehead atoms. The predicted octanol–water partition coefficient (Wildman–Crippen LogP) is 3.22. The molecule has 0 radical (unpaired) electrons. The van der Waals surface area contributed by atoms with Gasteiger partial charge in [0.2, 0.25) is 5.88 Å². The van der Waals surface area contributed by atoms with Crippen molar-refractivity contribution in [2.75, 3.05) is 7.11 Å². The molecule has 0 saturated carbocycles. The number of hydrogen-bond donors (Lipinski definition) is 1. The maximum absolute atomic E-state index is 5.97. The third-order valence-electron chi connectivity index (χ3n) is 3.84. The number of pyridine rings is 1. The van der Waals surface area contributed by atoms with E-state index >= 15 is 0 Å². The Morgan fingerprint density at radius 3 is 2.67 bits per heavy atom. The van der Waals surface area contributed by atoms with Crippen LogP contribution in [0.3, 0.4) is 0 Å². The summed E-state index contributed by atoms with van der Waals surface area (Å²) >= 11 is 0. The van der Waals surface area contributed by atoms with Crippen molar-refractivity contribution in [3.63, 3.8) is 0 Å². The highest BCUT2D eigenvalue weighted by Crippen LogP contribution is 2.33. The van der Waals surface area contributed by atoms with E-state index in [0.717, 1.165) is 24.1 Å². The molecule has 1 heterocycles. The van der Waals surface area contributed by atoms with E-state index in [9.17, 15) is 0 Å². The number of nitrogens with two attached hydrogens (primary N) is 1. The van der Waals surface area contributed by atoms with Crippen LogP contribution in [0.25, 0.3) is 0 Å². The number of para-hydroxylation sites is 2. The Labute approximate surface area is 124 Å². The Hall–Kier alpha value is -2.07. The molecule has 2 aromatic rings. The lowest BCUT2D eigenvalue weighted by molar-refractivity contribution is 0.371. The molecule has 0 unspecified atom stereocenters. The molecule has 0 aliphatic heterocycles. The first-order valence-corrected chi connectivity index (χ1v) is 7.34. The zero-order chi connectivity index (χ0) is 14.7. The molecule has 0 atom stereocenters. The smallest absolute Gasteiger partial charge is 0.224 e. The fourth-order valence-corrected chi connectivity index (χ4v) is 2.70. The monoisotopic (exact) mass is 284 g/mol. The quantitative estimate of drug-likeness (QED) is 0.936. The van der Waals surface area contributed by atoms with E-state index in [2.05, 4.69) is 6.07 Å². The minimum atomic E-state index is 0.421. The highest BCUT2D eigenvalue weighted by molar-refractivity contribution is 5.44. The van der Waals surface area contributed by atoms with Crippen molar-refractivity contribution in [3.8, 4) is 17.4 Å². The number of ether oxygens (including phenoxy) is 2. The third kappa shape index (κ3) is 2.85. The van der Waals surface area contributed by atoms with E-state index in [1.54, 1.807) is 7.11 Å². The molecule has 0 amide bonds. The van der Waals surface area contributed by atoms with Gasteiger partial charge in [-0.25, -0.2) is 4.98 Å². The van der Waals surface area contributed by atoms with Crippen molar-refractivity contribution in [2.24, 2.45) is 5.73 Å². The van der Waals surface area contributed by atoms with Gasteiger partial charge >= 0.3 is 0 Å². The normalized spacial score (nSPS) is 13.6. The molecule has 1 aromatic carbocycles. The van der Waals surface area contributed by atoms with Crippen LogP contribution in [0, 0.1) is 0 Å². The van der Waals surface area contributed by atoms with Gasteiger partial charge in [-0.05, 0) is 49.4 Å². The molecule has 1 aromatic heterocycles. The molecular formula is C17H20N2O2. The van der Waals surface area contributed by atoms with Crippen LogP contribution in [0.4, 0.5) is 0 Å². The van der Waals surface area contributed by atoms with Crippen LogP contribution in [-0.4, -0.2) is 12.1 Å². The number of hydrogen-bond acceptors (Lipinski definition) is 4. The van der Waals surface area contributed by atoms with Gasteiger partial charge in [0, 0.05) is 17.8 Å². The first kappa shape index (κ1) is 13.9. The summed E-state index contributed by atoms with van der Waals surface area (Å²) in [6, 6.07) is 9.72. The first-order valence-electron chi connectivity index (χ1n) is 7.34. The maximum atomic E-state index is 5.97. The lowest BCUT2D eigenvalue weighted by Crippen LogP contribution is -2.10. The summed E-state index contributed by atoms with van der Waals surface area (Å²) < 4.78 is 11.3. The van der Waals surface area contributed by atoms with Crippen LogP contribution in [0.15, 0.2) is 30.3 Å². The van der Waals surface area contributed by atoms with Gasteiger partial charge in [-0.3, -0.25) is 0 Å². The second-order valence-corrected chi connectivity index (χ2v) is 5.22. The van der Waals surface area contributed by atoms with Crippen molar-refractivity contribution in [3.05, 3.63) is 47.2 Å². The SMILES string of the molecule is COc1ccccc1Oc1nc2c(cc1CN)CCCC2. The van der Waals surface area contributed by atoms with Crippen LogP contribution in [0.1, 0.15) is 29.7 Å². The number of fused-ring (bicyclic) bond motifs is 1. The summed E-state index contributed by atoms with van der Waals surface area (Å²) in [4.78, 5) is 4.70. The zero-order valence-electron chi connectivity index (χ0n) is 12.3. The van der Waals surface area contributed by atoms with E-state index in [0.29, 0.717) is 23.9 Å². The summed E-state index contributed by atoms with van der Waals surface area (Å²) in [6.07, 6.45) is 4.52. The summed E-state index contributed by atoms with van der Waals surface area (Å²) in [7, 11) is 1.63. The predicted molar refractivity (Wildman–Crippen MR) is 81.8 cm³/mol. The number of rotatable bonds is 4. The van der Waals surface area contributed by atoms with Crippen molar-refractivity contribution in [1.29, 1.82) is 0 Å². The molecule has 4 nitrogen and oxygen atoms in total. The molecule has 110 valence electrons. The molecule has 0 saturated heterocycles. The van der Waals surface area contributed by atoms with Crippen LogP contribution in [0.5, 0.6) is 17.4 Å². The Morgan fingerprint density at radius 2 is 1.90 bits per heavy atom. The van der Waals surface area contributed by atoms with E-state index in [1.165, 1.54) is 18.4 Å². The van der Waals surface area contributed by atoms with Crippen molar-refractivity contribution in [2.45, 2.75) is 32.2 Å². The highest BCUT2D eigenvalue weighted by atomic mass is 16.5. The summed E-state index contributed by atoms with van der Waals surface area (Å²) in [5.41, 5.74) is 9.26. The molecule has 0 spiro atoms. The van der Waals surface area contributed by atoms with E-state index in [-0.39, 0.29) is 0 Å². The number of methoxy groups -OCH3 is 1. The molecule has 0 fully saturated rings. The van der Waals surface area contributed by atoms with Crippen LogP contribution >= 0.6 is 0 Å². The van der Waals surface area contributed by atoms with Gasteiger partial charge in [-0.15, -0.1) is 0 Å². The molecule has 1 aliphatic carbocycles. The van der Waals surface area contributed by atoms with Gasteiger partial charge in [0.1, 0.15) is 0 Å². The molecular weight excluding hydrogens is 264 g/mol. The van der Waals surface area contributed by atoms with Gasteiger partial charge in [-0.1, -0.05) is 12.1 Å². The van der Waals surface area contributed by atoms with E-state index < -0.39 is 0 Å². The zero-order valence-corrected chi connectivity index (χ0v) is 12.3. The second-order valence-electron chi connectivity index (χ2n) is 5.22. The molecule has 2 N–H and O–H groups in total. The number of benzene rings is 1. The average Bonchev–Trinajstić information content (AvgIpc) is 2.54. The highest BCUT2D eigenvalue weighted by Gasteiger charge is 2.16. The largest absolute Gasteiger partial charge is 0.493 e. The molecule has 21 heavy (non-hydrogen) atoms. The first-order chi connectivity index (χ1) is 10.3. The fourth-order valence-electron chi connectivity index (χ4n) is 2.70. The van der Waals surface area contributed by atoms with Gasteiger partial charge in [0.15, 0.2) is 11.5 Å². The topological polar surface area (TPSA) is 57.4 Å². The molecule has 4 heteroatoms. The lowest BCUT2D eigenvalue weighted by Gasteiger charge is -2.18.